The normalized spacial score (nSPS) is 41.4. The van der Waals surface area contributed by atoms with Gasteiger partial charge in [0, 0.05) is 6.42 Å². The van der Waals surface area contributed by atoms with Gasteiger partial charge in [0.15, 0.2) is 5.78 Å². The van der Waals surface area contributed by atoms with Crippen molar-refractivity contribution in [3.8, 4) is 0 Å². The van der Waals surface area contributed by atoms with Crippen molar-refractivity contribution in [2.45, 2.75) is 59.4 Å². The third kappa shape index (κ3) is 1.46. The first-order valence-electron chi connectivity index (χ1n) is 6.69. The van der Waals surface area contributed by atoms with E-state index in [4.69, 9.17) is 0 Å². The zero-order chi connectivity index (χ0) is 12.0. The standard InChI is InChI=1S/C14H25NO/c1-5-8-15-12-11(16)9-10-6-7-14(12,4)13(10,2)3/h10,12,15H,5-9H2,1-4H3/t10-,12+,14+/m1/s1. The topological polar surface area (TPSA) is 29.1 Å². The molecule has 2 aliphatic carbocycles. The summed E-state index contributed by atoms with van der Waals surface area (Å²) in [6.45, 7) is 10.2. The average molecular weight is 223 g/mol. The van der Waals surface area contributed by atoms with Crippen molar-refractivity contribution >= 4 is 5.78 Å². The fraction of sp³-hybridized carbons (Fsp3) is 0.929. The molecule has 16 heavy (non-hydrogen) atoms. The molecular formula is C14H25NO. The lowest BCUT2D eigenvalue weighted by Gasteiger charge is -2.50. The third-order valence-electron chi connectivity index (χ3n) is 5.51. The number of Topliss-reactive ketones (excluding diaryl/α,β-unsaturated/α-hetero) is 1. The van der Waals surface area contributed by atoms with E-state index in [2.05, 4.69) is 33.0 Å². The molecule has 0 saturated heterocycles. The van der Waals surface area contributed by atoms with Gasteiger partial charge < -0.3 is 5.32 Å². The molecule has 2 saturated carbocycles. The summed E-state index contributed by atoms with van der Waals surface area (Å²) in [7, 11) is 0. The summed E-state index contributed by atoms with van der Waals surface area (Å²) >= 11 is 0. The largest absolute Gasteiger partial charge is 0.307 e. The predicted octanol–water partition coefficient (Wildman–Crippen LogP) is 2.77. The first-order chi connectivity index (χ1) is 7.43. The number of rotatable bonds is 3. The van der Waals surface area contributed by atoms with Gasteiger partial charge in [0.25, 0.3) is 0 Å². The summed E-state index contributed by atoms with van der Waals surface area (Å²) in [5.74, 6) is 1.07. The van der Waals surface area contributed by atoms with Gasteiger partial charge in [-0.05, 0) is 42.6 Å². The molecule has 0 radical (unpaired) electrons. The van der Waals surface area contributed by atoms with E-state index >= 15 is 0 Å². The molecule has 0 heterocycles. The number of carbonyl (C=O) groups excluding carboxylic acids is 1. The van der Waals surface area contributed by atoms with E-state index in [9.17, 15) is 4.79 Å². The lowest BCUT2D eigenvalue weighted by atomic mass is 9.56. The second-order valence-electron chi connectivity index (χ2n) is 6.43. The Labute approximate surface area is 99.2 Å². The lowest BCUT2D eigenvalue weighted by Crippen LogP contribution is -2.58. The molecule has 2 fully saturated rings. The maximum atomic E-state index is 12.2. The number of ketones is 1. The molecule has 3 atom stereocenters. The van der Waals surface area contributed by atoms with E-state index in [1.807, 2.05) is 0 Å². The van der Waals surface area contributed by atoms with Crippen molar-refractivity contribution < 1.29 is 4.79 Å². The molecule has 0 aromatic heterocycles. The summed E-state index contributed by atoms with van der Waals surface area (Å²) in [5, 5.41) is 3.50. The summed E-state index contributed by atoms with van der Waals surface area (Å²) in [4.78, 5) is 12.2. The molecule has 0 aromatic carbocycles. The van der Waals surface area contributed by atoms with Crippen LogP contribution < -0.4 is 5.32 Å². The van der Waals surface area contributed by atoms with E-state index in [1.165, 1.54) is 12.8 Å². The number of hydrogen-bond acceptors (Lipinski definition) is 2. The molecule has 0 aromatic rings. The van der Waals surface area contributed by atoms with E-state index in [0.29, 0.717) is 17.1 Å². The van der Waals surface area contributed by atoms with Crippen LogP contribution in [-0.2, 0) is 4.79 Å². The first kappa shape index (κ1) is 12.1. The molecular weight excluding hydrogens is 198 g/mol. The zero-order valence-electron chi connectivity index (χ0n) is 11.1. The molecule has 0 amide bonds. The fourth-order valence-corrected chi connectivity index (χ4v) is 3.84. The SMILES string of the molecule is CCCN[C@H]1C(=O)C[C@H]2CC[C@]1(C)C2(C)C. The van der Waals surface area contributed by atoms with Crippen LogP contribution in [0.25, 0.3) is 0 Å². The van der Waals surface area contributed by atoms with Gasteiger partial charge in [0.2, 0.25) is 0 Å². The van der Waals surface area contributed by atoms with Crippen LogP contribution >= 0.6 is 0 Å². The van der Waals surface area contributed by atoms with E-state index in [1.54, 1.807) is 0 Å². The Bertz CT molecular complexity index is 297. The van der Waals surface area contributed by atoms with E-state index < -0.39 is 0 Å². The lowest BCUT2D eigenvalue weighted by molar-refractivity contribution is -0.133. The molecule has 0 spiro atoms. The quantitative estimate of drug-likeness (QED) is 0.797. The number of nitrogens with one attached hydrogen (secondary N) is 1. The van der Waals surface area contributed by atoms with Crippen LogP contribution in [-0.4, -0.2) is 18.4 Å². The summed E-state index contributed by atoms with van der Waals surface area (Å²) in [6.07, 6.45) is 4.34. The minimum Gasteiger partial charge on any atom is -0.307 e. The highest BCUT2D eigenvalue weighted by molar-refractivity contribution is 5.87. The maximum absolute atomic E-state index is 12.2. The second-order valence-corrected chi connectivity index (χ2v) is 6.43. The van der Waals surface area contributed by atoms with Crippen molar-refractivity contribution in [1.82, 2.24) is 5.32 Å². The van der Waals surface area contributed by atoms with Crippen molar-refractivity contribution in [1.29, 1.82) is 0 Å². The average Bonchev–Trinajstić information content (AvgIpc) is 2.35. The number of carbonyl (C=O) groups is 1. The van der Waals surface area contributed by atoms with Crippen LogP contribution in [0.1, 0.15) is 53.4 Å². The summed E-state index contributed by atoms with van der Waals surface area (Å²) in [6, 6.07) is 0.0983. The molecule has 2 heteroatoms. The van der Waals surface area contributed by atoms with Crippen LogP contribution in [0.15, 0.2) is 0 Å². The van der Waals surface area contributed by atoms with Crippen LogP contribution in [0.2, 0.25) is 0 Å². The molecule has 0 aliphatic heterocycles. The van der Waals surface area contributed by atoms with Crippen LogP contribution in [0.4, 0.5) is 0 Å². The van der Waals surface area contributed by atoms with E-state index in [-0.39, 0.29) is 11.5 Å². The van der Waals surface area contributed by atoms with E-state index in [0.717, 1.165) is 19.4 Å². The Balaban J connectivity index is 2.26. The zero-order valence-corrected chi connectivity index (χ0v) is 11.1. The van der Waals surface area contributed by atoms with Gasteiger partial charge in [0.1, 0.15) is 0 Å². The number of fused-ring (bicyclic) bond motifs is 2. The molecule has 2 rings (SSSR count). The molecule has 2 nitrogen and oxygen atoms in total. The highest BCUT2D eigenvalue weighted by atomic mass is 16.1. The second kappa shape index (κ2) is 3.83. The Hall–Kier alpha value is -0.370. The Morgan fingerprint density at radius 2 is 2.06 bits per heavy atom. The maximum Gasteiger partial charge on any atom is 0.150 e. The molecule has 2 aliphatic rings. The minimum atomic E-state index is 0.0983. The summed E-state index contributed by atoms with van der Waals surface area (Å²) < 4.78 is 0. The monoisotopic (exact) mass is 223 g/mol. The Morgan fingerprint density at radius 1 is 1.38 bits per heavy atom. The van der Waals surface area contributed by atoms with Crippen molar-refractivity contribution in [2.75, 3.05) is 6.54 Å². The van der Waals surface area contributed by atoms with Gasteiger partial charge in [-0.25, -0.2) is 0 Å². The van der Waals surface area contributed by atoms with Gasteiger partial charge in [-0.1, -0.05) is 27.7 Å². The highest BCUT2D eigenvalue weighted by Gasteiger charge is 2.60. The van der Waals surface area contributed by atoms with Gasteiger partial charge in [-0.2, -0.15) is 0 Å². The fourth-order valence-electron chi connectivity index (χ4n) is 3.84. The smallest absolute Gasteiger partial charge is 0.150 e. The minimum absolute atomic E-state index is 0.0983. The molecule has 0 unspecified atom stereocenters. The third-order valence-corrected chi connectivity index (χ3v) is 5.51. The summed E-state index contributed by atoms with van der Waals surface area (Å²) in [5.41, 5.74) is 0.481. The van der Waals surface area contributed by atoms with Gasteiger partial charge in [-0.3, -0.25) is 4.79 Å². The first-order valence-corrected chi connectivity index (χ1v) is 6.69. The van der Waals surface area contributed by atoms with Gasteiger partial charge in [-0.15, -0.1) is 0 Å². The predicted molar refractivity (Wildman–Crippen MR) is 66.3 cm³/mol. The van der Waals surface area contributed by atoms with Crippen LogP contribution in [0, 0.1) is 16.7 Å². The highest BCUT2D eigenvalue weighted by Crippen LogP contribution is 2.61. The molecule has 2 bridgehead atoms. The molecule has 92 valence electrons. The number of hydrogen-bond donors (Lipinski definition) is 1. The van der Waals surface area contributed by atoms with Crippen molar-refractivity contribution in [3.05, 3.63) is 0 Å². The van der Waals surface area contributed by atoms with Crippen molar-refractivity contribution in [2.24, 2.45) is 16.7 Å². The van der Waals surface area contributed by atoms with Crippen LogP contribution in [0.3, 0.4) is 0 Å². The van der Waals surface area contributed by atoms with Gasteiger partial charge in [0.05, 0.1) is 6.04 Å². The van der Waals surface area contributed by atoms with Crippen LogP contribution in [0.5, 0.6) is 0 Å². The van der Waals surface area contributed by atoms with Crippen molar-refractivity contribution in [3.63, 3.8) is 0 Å². The Morgan fingerprint density at radius 3 is 2.69 bits per heavy atom. The molecule has 1 N–H and O–H groups in total. The van der Waals surface area contributed by atoms with Gasteiger partial charge >= 0.3 is 0 Å². The Kier molecular flexibility index (Phi) is 2.90.